The van der Waals surface area contributed by atoms with Gasteiger partial charge in [0.05, 0.1) is 21.5 Å². The number of nitrogens with one attached hydrogen (secondary N) is 1. The molecule has 0 aliphatic carbocycles. The second kappa shape index (κ2) is 6.76. The second-order valence-corrected chi connectivity index (χ2v) is 5.49. The number of halogens is 2. The zero-order valence-electron chi connectivity index (χ0n) is 11.3. The van der Waals surface area contributed by atoms with Gasteiger partial charge in [-0.3, -0.25) is 14.9 Å². The predicted molar refractivity (Wildman–Crippen MR) is 86.8 cm³/mol. The van der Waals surface area contributed by atoms with Crippen LogP contribution in [0.4, 0.5) is 11.4 Å². The Morgan fingerprint density at radius 1 is 1.32 bits per heavy atom. The van der Waals surface area contributed by atoms with Gasteiger partial charge >= 0.3 is 0 Å². The first-order valence-electron chi connectivity index (χ1n) is 6.01. The minimum absolute atomic E-state index is 0.168. The molecule has 0 aliphatic heterocycles. The van der Waals surface area contributed by atoms with E-state index >= 15 is 0 Å². The van der Waals surface area contributed by atoms with Crippen molar-refractivity contribution < 1.29 is 14.5 Å². The topological polar surface area (TPSA) is 81.5 Å². The van der Waals surface area contributed by atoms with Crippen LogP contribution in [-0.2, 0) is 0 Å². The van der Waals surface area contributed by atoms with Crippen molar-refractivity contribution in [1.29, 1.82) is 0 Å². The molecular formula is C14H10BrClN2O4. The summed E-state index contributed by atoms with van der Waals surface area (Å²) in [7, 11) is 1.49. The highest BCUT2D eigenvalue weighted by Crippen LogP contribution is 2.28. The van der Waals surface area contributed by atoms with Crippen molar-refractivity contribution in [1.82, 2.24) is 0 Å². The highest BCUT2D eigenvalue weighted by molar-refractivity contribution is 9.10. The monoisotopic (exact) mass is 384 g/mol. The Morgan fingerprint density at radius 2 is 2.05 bits per heavy atom. The molecule has 0 fully saturated rings. The molecule has 0 heterocycles. The van der Waals surface area contributed by atoms with Gasteiger partial charge in [0.15, 0.2) is 0 Å². The van der Waals surface area contributed by atoms with E-state index in [9.17, 15) is 14.9 Å². The van der Waals surface area contributed by atoms with E-state index in [-0.39, 0.29) is 11.3 Å². The normalized spacial score (nSPS) is 10.1. The maximum absolute atomic E-state index is 12.1. The molecule has 0 aliphatic rings. The van der Waals surface area contributed by atoms with Gasteiger partial charge in [-0.1, -0.05) is 11.6 Å². The van der Waals surface area contributed by atoms with E-state index in [1.807, 2.05) is 0 Å². The molecule has 2 rings (SSSR count). The molecule has 8 heteroatoms. The number of amides is 1. The highest BCUT2D eigenvalue weighted by atomic mass is 79.9. The van der Waals surface area contributed by atoms with Crippen LogP contribution in [0.3, 0.4) is 0 Å². The molecule has 0 spiro atoms. The lowest BCUT2D eigenvalue weighted by molar-refractivity contribution is -0.385. The maximum atomic E-state index is 12.1. The van der Waals surface area contributed by atoms with Crippen LogP contribution in [-0.4, -0.2) is 17.9 Å². The Morgan fingerprint density at radius 3 is 2.64 bits per heavy atom. The van der Waals surface area contributed by atoms with Crippen molar-refractivity contribution >= 4 is 44.8 Å². The minimum atomic E-state index is -0.564. The van der Waals surface area contributed by atoms with Crippen LogP contribution in [0.2, 0.25) is 5.02 Å². The van der Waals surface area contributed by atoms with Crippen LogP contribution >= 0.6 is 27.5 Å². The van der Waals surface area contributed by atoms with Gasteiger partial charge in [-0.25, -0.2) is 0 Å². The number of carbonyl (C=O) groups excluding carboxylic acids is 1. The Balaban J connectivity index is 2.24. The molecule has 0 atom stereocenters. The summed E-state index contributed by atoms with van der Waals surface area (Å²) < 4.78 is 5.33. The number of methoxy groups -OCH3 is 1. The summed E-state index contributed by atoms with van der Waals surface area (Å²) in [5.74, 6) is 0.00998. The third-order valence-electron chi connectivity index (χ3n) is 2.81. The van der Waals surface area contributed by atoms with Crippen molar-refractivity contribution in [2.45, 2.75) is 0 Å². The van der Waals surface area contributed by atoms with Crippen LogP contribution in [0.1, 0.15) is 10.4 Å². The number of hydrogen-bond donors (Lipinski definition) is 1. The van der Waals surface area contributed by atoms with Crippen molar-refractivity contribution in [3.8, 4) is 5.75 Å². The van der Waals surface area contributed by atoms with Gasteiger partial charge in [0.1, 0.15) is 5.75 Å². The number of anilines is 1. The van der Waals surface area contributed by atoms with Gasteiger partial charge in [0.25, 0.3) is 11.6 Å². The van der Waals surface area contributed by atoms with E-state index in [1.165, 1.54) is 31.4 Å². The third kappa shape index (κ3) is 3.55. The molecule has 1 amide bonds. The first-order valence-corrected chi connectivity index (χ1v) is 7.18. The first kappa shape index (κ1) is 16.3. The van der Waals surface area contributed by atoms with Gasteiger partial charge in [-0.05, 0) is 46.3 Å². The summed E-state index contributed by atoms with van der Waals surface area (Å²) in [4.78, 5) is 22.5. The van der Waals surface area contributed by atoms with Crippen LogP contribution in [0.15, 0.2) is 40.9 Å². The molecule has 0 saturated carbocycles. The molecule has 0 unspecified atom stereocenters. The summed E-state index contributed by atoms with van der Waals surface area (Å²) in [6, 6.07) is 8.90. The van der Waals surface area contributed by atoms with Crippen LogP contribution in [0.5, 0.6) is 5.75 Å². The fourth-order valence-electron chi connectivity index (χ4n) is 1.74. The largest absolute Gasteiger partial charge is 0.495 e. The number of nitro groups is 1. The predicted octanol–water partition coefficient (Wildman–Crippen LogP) is 4.27. The molecule has 0 radical (unpaired) electrons. The van der Waals surface area contributed by atoms with Crippen molar-refractivity contribution in [3.05, 3.63) is 61.6 Å². The second-order valence-electron chi connectivity index (χ2n) is 4.23. The molecule has 1 N–H and O–H groups in total. The lowest BCUT2D eigenvalue weighted by Crippen LogP contribution is -2.12. The highest BCUT2D eigenvalue weighted by Gasteiger charge is 2.16. The molecular weight excluding hydrogens is 376 g/mol. The Bertz CT molecular complexity index is 752. The fraction of sp³-hybridized carbons (Fsp3) is 0.0714. The molecule has 22 heavy (non-hydrogen) atoms. The zero-order chi connectivity index (χ0) is 16.3. The van der Waals surface area contributed by atoms with Gasteiger partial charge in [-0.2, -0.15) is 0 Å². The molecule has 0 saturated heterocycles. The maximum Gasteiger partial charge on any atom is 0.284 e. The van der Waals surface area contributed by atoms with Crippen molar-refractivity contribution in [2.75, 3.05) is 12.4 Å². The van der Waals surface area contributed by atoms with E-state index in [2.05, 4.69) is 21.2 Å². The van der Waals surface area contributed by atoms with E-state index in [0.717, 1.165) is 0 Å². The van der Waals surface area contributed by atoms with Crippen molar-refractivity contribution in [2.24, 2.45) is 0 Å². The summed E-state index contributed by atoms with van der Waals surface area (Å²) in [6.07, 6.45) is 0. The zero-order valence-corrected chi connectivity index (χ0v) is 13.6. The number of rotatable bonds is 4. The summed E-state index contributed by atoms with van der Waals surface area (Å²) in [6.45, 7) is 0. The lowest BCUT2D eigenvalue weighted by Gasteiger charge is -2.08. The first-order chi connectivity index (χ1) is 10.4. The number of ether oxygens (including phenoxy) is 1. The van der Waals surface area contributed by atoms with Gasteiger partial charge in [-0.15, -0.1) is 0 Å². The number of carbonyl (C=O) groups is 1. The van der Waals surface area contributed by atoms with Crippen LogP contribution in [0.25, 0.3) is 0 Å². The van der Waals surface area contributed by atoms with Gasteiger partial charge < -0.3 is 10.1 Å². The summed E-state index contributed by atoms with van der Waals surface area (Å²) in [5, 5.41) is 13.9. The number of benzene rings is 2. The Labute approximate surface area is 139 Å². The summed E-state index contributed by atoms with van der Waals surface area (Å²) in [5.41, 5.74) is 0.448. The molecule has 114 valence electrons. The third-order valence-corrected chi connectivity index (χ3v) is 3.78. The Kier molecular flexibility index (Phi) is 4.99. The average molecular weight is 386 g/mol. The average Bonchev–Trinajstić information content (AvgIpc) is 2.47. The quantitative estimate of drug-likeness (QED) is 0.629. The van der Waals surface area contributed by atoms with Gasteiger partial charge in [0.2, 0.25) is 0 Å². The van der Waals surface area contributed by atoms with E-state index < -0.39 is 10.8 Å². The molecule has 2 aromatic rings. The summed E-state index contributed by atoms with van der Waals surface area (Å²) >= 11 is 9.04. The molecule has 0 aromatic heterocycles. The lowest BCUT2D eigenvalue weighted by atomic mass is 10.2. The van der Waals surface area contributed by atoms with E-state index in [1.54, 1.807) is 12.1 Å². The van der Waals surface area contributed by atoms with Crippen LogP contribution < -0.4 is 10.1 Å². The van der Waals surface area contributed by atoms with Crippen LogP contribution in [0, 0.1) is 10.1 Å². The van der Waals surface area contributed by atoms with E-state index in [4.69, 9.17) is 16.3 Å². The number of hydrogen-bond acceptors (Lipinski definition) is 4. The van der Waals surface area contributed by atoms with Gasteiger partial charge in [0, 0.05) is 17.3 Å². The smallest absolute Gasteiger partial charge is 0.284 e. The fourth-order valence-corrected chi connectivity index (χ4v) is 2.39. The molecule has 0 bridgehead atoms. The molecule has 2 aromatic carbocycles. The van der Waals surface area contributed by atoms with Crippen molar-refractivity contribution in [3.63, 3.8) is 0 Å². The number of nitrogens with zero attached hydrogens (tertiary/aromatic N) is 1. The molecule has 6 nitrogen and oxygen atoms in total. The number of nitro benzene ring substituents is 1. The Hall–Kier alpha value is -2.12. The standard InChI is InChI=1S/C14H10BrClN2O4/c1-22-13-5-3-9(7-11(13)16)17-14(19)8-2-4-10(15)12(6-8)18(20)21/h2-7H,1H3,(H,17,19). The van der Waals surface area contributed by atoms with E-state index in [0.29, 0.717) is 20.9 Å². The minimum Gasteiger partial charge on any atom is -0.495 e. The SMILES string of the molecule is COc1ccc(NC(=O)c2ccc(Br)c([N+](=O)[O-])c2)cc1Cl.